The summed E-state index contributed by atoms with van der Waals surface area (Å²) in [4.78, 5) is 10.3. The number of hydrogen-bond donors (Lipinski definition) is 3. The molecule has 0 bridgehead atoms. The van der Waals surface area contributed by atoms with Crippen molar-refractivity contribution in [2.75, 3.05) is 20.3 Å². The Hall–Kier alpha value is -2.32. The van der Waals surface area contributed by atoms with Crippen LogP contribution in [0.3, 0.4) is 0 Å². The number of benzene rings is 2. The highest BCUT2D eigenvalue weighted by Gasteiger charge is 2.30. The normalized spacial score (nSPS) is 12.8. The Balaban J connectivity index is 2.18. The molecule has 0 radical (unpaired) electrons. The summed E-state index contributed by atoms with van der Waals surface area (Å²) in [6, 6.07) is 13.2. The van der Waals surface area contributed by atoms with Crippen molar-refractivity contribution in [3.05, 3.63) is 75.0 Å². The van der Waals surface area contributed by atoms with Gasteiger partial charge < -0.3 is 20.5 Å². The first-order chi connectivity index (χ1) is 11.9. The fraction of sp³-hybridized carbons (Fsp3) is 0.333. The van der Waals surface area contributed by atoms with E-state index in [0.29, 0.717) is 18.5 Å². The molecule has 0 aliphatic carbocycles. The van der Waals surface area contributed by atoms with Gasteiger partial charge in [0.15, 0.2) is 0 Å². The first-order valence-electron chi connectivity index (χ1n) is 7.94. The SMILES string of the molecule is C[NH+]([O-])c1ccc(CC(CO)(CO)Cc2ccc([N+](=O)[O-])cc2)cc1. The van der Waals surface area contributed by atoms with Gasteiger partial charge in [-0.05, 0) is 36.1 Å². The van der Waals surface area contributed by atoms with Crippen LogP contribution in [0.15, 0.2) is 48.5 Å². The molecule has 134 valence electrons. The minimum Gasteiger partial charge on any atom is -0.629 e. The van der Waals surface area contributed by atoms with E-state index in [2.05, 4.69) is 0 Å². The predicted octanol–water partition coefficient (Wildman–Crippen LogP) is 0.995. The van der Waals surface area contributed by atoms with Gasteiger partial charge in [0.05, 0.1) is 25.2 Å². The molecule has 7 heteroatoms. The maximum Gasteiger partial charge on any atom is 0.269 e. The first-order valence-corrected chi connectivity index (χ1v) is 7.94. The van der Waals surface area contributed by atoms with Crippen molar-refractivity contribution in [3.8, 4) is 0 Å². The maximum absolute atomic E-state index is 11.3. The summed E-state index contributed by atoms with van der Waals surface area (Å²) >= 11 is 0. The number of nitrogens with zero attached hydrogens (tertiary/aromatic N) is 1. The number of nitrogens with one attached hydrogen (secondary N) is 1. The second kappa shape index (κ2) is 8.17. The first kappa shape index (κ1) is 19.0. The van der Waals surface area contributed by atoms with Crippen molar-refractivity contribution in [3.63, 3.8) is 0 Å². The van der Waals surface area contributed by atoms with Crippen molar-refractivity contribution < 1.29 is 20.2 Å². The molecule has 1 unspecified atom stereocenters. The molecule has 0 aromatic heterocycles. The minimum absolute atomic E-state index is 0.00201. The molecule has 2 rings (SSSR count). The molecule has 0 saturated carbocycles. The fourth-order valence-corrected chi connectivity index (χ4v) is 2.79. The third-order valence-corrected chi connectivity index (χ3v) is 4.34. The molecule has 0 aliphatic rings. The van der Waals surface area contributed by atoms with Gasteiger partial charge in [-0.15, -0.1) is 0 Å². The zero-order valence-corrected chi connectivity index (χ0v) is 14.0. The molecule has 0 fully saturated rings. The van der Waals surface area contributed by atoms with E-state index in [1.54, 1.807) is 24.3 Å². The Kier molecular flexibility index (Phi) is 6.22. The summed E-state index contributed by atoms with van der Waals surface area (Å²) in [5.74, 6) is 0. The van der Waals surface area contributed by atoms with E-state index < -0.39 is 10.3 Å². The predicted molar refractivity (Wildman–Crippen MR) is 93.5 cm³/mol. The van der Waals surface area contributed by atoms with Gasteiger partial charge in [-0.2, -0.15) is 0 Å². The van der Waals surface area contributed by atoms with Crippen LogP contribution >= 0.6 is 0 Å². The van der Waals surface area contributed by atoms with E-state index in [-0.39, 0.29) is 24.0 Å². The maximum atomic E-state index is 11.3. The van der Waals surface area contributed by atoms with Crippen molar-refractivity contribution in [1.29, 1.82) is 0 Å². The van der Waals surface area contributed by atoms with Crippen LogP contribution in [0.4, 0.5) is 11.4 Å². The summed E-state index contributed by atoms with van der Waals surface area (Å²) in [7, 11) is 1.50. The molecule has 3 N–H and O–H groups in total. The number of hydrogen-bond acceptors (Lipinski definition) is 5. The largest absolute Gasteiger partial charge is 0.629 e. The fourth-order valence-electron chi connectivity index (χ4n) is 2.79. The Morgan fingerprint density at radius 2 is 1.40 bits per heavy atom. The summed E-state index contributed by atoms with van der Waals surface area (Å²) in [6.45, 7) is -0.454. The van der Waals surface area contributed by atoms with E-state index in [9.17, 15) is 25.5 Å². The Bertz CT molecular complexity index is 694. The standard InChI is InChI=1S/C18H22N2O5/c1-19(23)16-6-2-14(3-7-16)10-18(12-21,13-22)11-15-4-8-17(9-5-15)20(24)25/h2-9,19,21-22H,10-13H2,1H3. The summed E-state index contributed by atoms with van der Waals surface area (Å²) in [5, 5.41) is 41.8. The number of aliphatic hydroxyl groups is 2. The Morgan fingerprint density at radius 1 is 0.960 bits per heavy atom. The number of quaternary nitrogens is 1. The zero-order valence-electron chi connectivity index (χ0n) is 14.0. The summed E-state index contributed by atoms with van der Waals surface area (Å²) < 4.78 is 0. The monoisotopic (exact) mass is 346 g/mol. The van der Waals surface area contributed by atoms with Gasteiger partial charge in [-0.1, -0.05) is 24.3 Å². The van der Waals surface area contributed by atoms with Crippen molar-refractivity contribution in [1.82, 2.24) is 0 Å². The van der Waals surface area contributed by atoms with Crippen LogP contribution < -0.4 is 5.06 Å². The van der Waals surface area contributed by atoms with Crippen LogP contribution in [0, 0.1) is 20.7 Å². The van der Waals surface area contributed by atoms with Crippen molar-refractivity contribution in [2.24, 2.45) is 5.41 Å². The quantitative estimate of drug-likeness (QED) is 0.488. The Morgan fingerprint density at radius 3 is 1.76 bits per heavy atom. The molecule has 2 aromatic carbocycles. The third kappa shape index (κ3) is 4.83. The van der Waals surface area contributed by atoms with Crippen LogP contribution in [-0.4, -0.2) is 35.4 Å². The van der Waals surface area contributed by atoms with E-state index in [0.717, 1.165) is 11.1 Å². The average Bonchev–Trinajstić information content (AvgIpc) is 2.62. The van der Waals surface area contributed by atoms with E-state index in [1.165, 1.54) is 19.2 Å². The number of nitro benzene ring substituents is 1. The Labute approximate surface area is 145 Å². The second-order valence-electron chi connectivity index (χ2n) is 6.35. The lowest BCUT2D eigenvalue weighted by molar-refractivity contribution is -0.751. The molecule has 25 heavy (non-hydrogen) atoms. The third-order valence-electron chi connectivity index (χ3n) is 4.34. The van der Waals surface area contributed by atoms with Gasteiger partial charge in [0.2, 0.25) is 0 Å². The van der Waals surface area contributed by atoms with Crippen molar-refractivity contribution >= 4 is 11.4 Å². The van der Waals surface area contributed by atoms with Crippen molar-refractivity contribution in [2.45, 2.75) is 12.8 Å². The summed E-state index contributed by atoms with van der Waals surface area (Å²) in [5.41, 5.74) is 1.53. The van der Waals surface area contributed by atoms with Crippen LogP contribution in [-0.2, 0) is 12.8 Å². The van der Waals surface area contributed by atoms with Gasteiger partial charge >= 0.3 is 0 Å². The average molecular weight is 346 g/mol. The van der Waals surface area contributed by atoms with Crippen LogP contribution in [0.2, 0.25) is 0 Å². The van der Waals surface area contributed by atoms with E-state index in [1.807, 2.05) is 12.1 Å². The second-order valence-corrected chi connectivity index (χ2v) is 6.35. The van der Waals surface area contributed by atoms with Gasteiger partial charge in [0.25, 0.3) is 5.69 Å². The van der Waals surface area contributed by atoms with E-state index in [4.69, 9.17) is 0 Å². The summed E-state index contributed by atoms with van der Waals surface area (Å²) in [6.07, 6.45) is 0.807. The number of nitro groups is 1. The highest BCUT2D eigenvalue weighted by molar-refractivity contribution is 5.35. The highest BCUT2D eigenvalue weighted by atomic mass is 16.6. The zero-order chi connectivity index (χ0) is 18.4. The van der Waals surface area contributed by atoms with Gasteiger partial charge in [-0.3, -0.25) is 10.1 Å². The lowest BCUT2D eigenvalue weighted by atomic mass is 9.78. The van der Waals surface area contributed by atoms with E-state index >= 15 is 0 Å². The molecule has 2 aromatic rings. The number of aliphatic hydroxyl groups excluding tert-OH is 2. The van der Waals surface area contributed by atoms with Crippen LogP contribution in [0.5, 0.6) is 0 Å². The number of rotatable bonds is 8. The minimum atomic E-state index is -0.784. The smallest absolute Gasteiger partial charge is 0.269 e. The van der Waals surface area contributed by atoms with Crippen LogP contribution in [0.25, 0.3) is 0 Å². The molecule has 0 spiro atoms. The molecule has 0 heterocycles. The number of hydroxylamine groups is 1. The lowest BCUT2D eigenvalue weighted by Gasteiger charge is -2.30. The molecule has 0 saturated heterocycles. The number of non-ortho nitro benzene ring substituents is 1. The van der Waals surface area contributed by atoms with Crippen LogP contribution in [0.1, 0.15) is 11.1 Å². The highest BCUT2D eigenvalue weighted by Crippen LogP contribution is 2.28. The molecule has 1 atom stereocenters. The van der Waals surface area contributed by atoms with Gasteiger partial charge in [0.1, 0.15) is 5.69 Å². The van der Waals surface area contributed by atoms with Gasteiger partial charge in [0, 0.05) is 17.5 Å². The molecule has 0 aliphatic heterocycles. The molecule has 7 nitrogen and oxygen atoms in total. The van der Waals surface area contributed by atoms with Gasteiger partial charge in [-0.25, -0.2) is 0 Å². The molecular formula is C18H22N2O5. The topological polar surface area (TPSA) is 111 Å². The molecular weight excluding hydrogens is 324 g/mol. The molecule has 0 amide bonds. The lowest BCUT2D eigenvalue weighted by Crippen LogP contribution is -2.98.